The SMILES string of the molecule is O=C(Nc1ccccc1C(=O)N[C@@H](Cc1ccccc1)C[C@H](O)[C@H](Cc1ccccc1)N(Cc1cscn1)C(=O)O)OCc1ccccn1. The number of nitrogens with one attached hydrogen (secondary N) is 2. The molecule has 0 aliphatic rings. The van der Waals surface area contributed by atoms with Crippen LogP contribution >= 0.6 is 11.3 Å². The number of thiazole rings is 1. The number of ether oxygens (including phenoxy) is 1. The summed E-state index contributed by atoms with van der Waals surface area (Å²) < 4.78 is 5.30. The van der Waals surface area contributed by atoms with E-state index in [1.54, 1.807) is 59.6 Å². The van der Waals surface area contributed by atoms with E-state index >= 15 is 0 Å². The third-order valence-corrected chi connectivity index (χ3v) is 8.50. The Kier molecular flexibility index (Phi) is 12.4. The number of carbonyl (C=O) groups excluding carboxylic acids is 2. The minimum atomic E-state index is -1.19. The van der Waals surface area contributed by atoms with Crippen LogP contribution in [0.5, 0.6) is 0 Å². The summed E-state index contributed by atoms with van der Waals surface area (Å²) in [5.74, 6) is -0.481. The van der Waals surface area contributed by atoms with Crippen molar-refractivity contribution in [2.45, 2.75) is 50.6 Å². The van der Waals surface area contributed by atoms with Crippen molar-refractivity contribution in [1.29, 1.82) is 0 Å². The fraction of sp³-hybridized carbons (Fsp3) is 0.216. The number of rotatable bonds is 15. The topological polar surface area (TPSA) is 154 Å². The monoisotopic (exact) mass is 679 g/mol. The molecule has 4 N–H and O–H groups in total. The van der Waals surface area contributed by atoms with Crippen LogP contribution in [0.2, 0.25) is 0 Å². The van der Waals surface area contributed by atoms with E-state index in [9.17, 15) is 24.6 Å². The molecule has 3 aromatic carbocycles. The van der Waals surface area contributed by atoms with Crippen molar-refractivity contribution in [2.24, 2.45) is 0 Å². The Balaban J connectivity index is 1.36. The number of benzene rings is 3. The third kappa shape index (κ3) is 10.4. The van der Waals surface area contributed by atoms with Crippen molar-refractivity contribution in [3.8, 4) is 0 Å². The molecular weight excluding hydrogens is 643 g/mol. The lowest BCUT2D eigenvalue weighted by Gasteiger charge is -2.34. The second kappa shape index (κ2) is 17.5. The third-order valence-electron chi connectivity index (χ3n) is 7.87. The molecule has 2 aromatic heterocycles. The van der Waals surface area contributed by atoms with E-state index in [1.165, 1.54) is 16.2 Å². The zero-order valence-corrected chi connectivity index (χ0v) is 27.4. The Morgan fingerprint density at radius 2 is 1.49 bits per heavy atom. The number of aliphatic hydroxyl groups is 1. The molecule has 0 saturated heterocycles. The Morgan fingerprint density at radius 1 is 0.816 bits per heavy atom. The molecule has 12 heteroatoms. The Hall–Kier alpha value is -5.59. The number of aromatic nitrogens is 2. The van der Waals surface area contributed by atoms with Crippen LogP contribution in [-0.2, 0) is 30.7 Å². The number of carbonyl (C=O) groups is 3. The first-order valence-corrected chi connectivity index (χ1v) is 16.7. The van der Waals surface area contributed by atoms with Gasteiger partial charge in [0.1, 0.15) is 6.61 Å². The summed E-state index contributed by atoms with van der Waals surface area (Å²) in [6.07, 6.45) is -0.852. The van der Waals surface area contributed by atoms with E-state index in [1.807, 2.05) is 60.7 Å². The average molecular weight is 680 g/mol. The minimum Gasteiger partial charge on any atom is -0.465 e. The van der Waals surface area contributed by atoms with Gasteiger partial charge in [-0.05, 0) is 54.7 Å². The molecule has 252 valence electrons. The zero-order chi connectivity index (χ0) is 34.4. The Labute approximate surface area is 288 Å². The first kappa shape index (κ1) is 34.7. The number of aliphatic hydroxyl groups excluding tert-OH is 1. The molecule has 3 amide bonds. The van der Waals surface area contributed by atoms with Crippen molar-refractivity contribution < 1.29 is 29.3 Å². The van der Waals surface area contributed by atoms with Gasteiger partial charge < -0.3 is 20.3 Å². The highest BCUT2D eigenvalue weighted by Gasteiger charge is 2.33. The van der Waals surface area contributed by atoms with Gasteiger partial charge in [0.2, 0.25) is 0 Å². The molecule has 49 heavy (non-hydrogen) atoms. The summed E-state index contributed by atoms with van der Waals surface area (Å²) in [7, 11) is 0. The second-order valence-corrected chi connectivity index (χ2v) is 12.1. The van der Waals surface area contributed by atoms with Gasteiger partial charge >= 0.3 is 12.2 Å². The normalized spacial score (nSPS) is 12.7. The molecule has 3 atom stereocenters. The zero-order valence-electron chi connectivity index (χ0n) is 26.6. The lowest BCUT2D eigenvalue weighted by Crippen LogP contribution is -2.50. The molecule has 0 spiro atoms. The molecule has 0 fully saturated rings. The molecule has 0 aliphatic heterocycles. The number of anilines is 1. The largest absolute Gasteiger partial charge is 0.465 e. The maximum absolute atomic E-state index is 13.8. The van der Waals surface area contributed by atoms with Gasteiger partial charge in [0.25, 0.3) is 5.91 Å². The van der Waals surface area contributed by atoms with Gasteiger partial charge in [-0.15, -0.1) is 11.3 Å². The lowest BCUT2D eigenvalue weighted by molar-refractivity contribution is 0.0334. The number of pyridine rings is 1. The number of hydrogen-bond acceptors (Lipinski definition) is 8. The van der Waals surface area contributed by atoms with Crippen LogP contribution in [0, 0.1) is 0 Å². The smallest absolute Gasteiger partial charge is 0.412 e. The number of amides is 3. The van der Waals surface area contributed by atoms with Crippen molar-refractivity contribution in [3.63, 3.8) is 0 Å². The molecule has 2 heterocycles. The molecule has 5 rings (SSSR count). The van der Waals surface area contributed by atoms with Crippen LogP contribution in [0.3, 0.4) is 0 Å². The molecule has 5 aromatic rings. The summed E-state index contributed by atoms with van der Waals surface area (Å²) in [5.41, 5.74) is 5.00. The van der Waals surface area contributed by atoms with E-state index < -0.39 is 36.3 Å². The number of para-hydroxylation sites is 1. The average Bonchev–Trinajstić information content (AvgIpc) is 3.64. The van der Waals surface area contributed by atoms with Gasteiger partial charge in [-0.2, -0.15) is 0 Å². The molecule has 0 unspecified atom stereocenters. The number of nitrogens with zero attached hydrogens (tertiary/aromatic N) is 3. The Morgan fingerprint density at radius 3 is 2.14 bits per heavy atom. The molecule has 0 saturated carbocycles. The first-order chi connectivity index (χ1) is 23.9. The standard InChI is InChI=1S/C37H37N5O6S/c43-34(33(20-27-13-5-2-6-14-27)42(37(46)47)22-30-24-49-25-39-30)21-29(19-26-11-3-1-4-12-26)40-35(44)31-16-7-8-17-32(31)41-36(45)48-23-28-15-9-10-18-38-28/h1-18,24-25,29,33-34,43H,19-23H2,(H,40,44)(H,41,45)(H,46,47)/t29-,33-,34-/m0/s1. The van der Waals surface area contributed by atoms with E-state index in [0.717, 1.165) is 11.1 Å². The highest BCUT2D eigenvalue weighted by Crippen LogP contribution is 2.22. The minimum absolute atomic E-state index is 0.00140. The second-order valence-electron chi connectivity index (χ2n) is 11.4. The van der Waals surface area contributed by atoms with E-state index in [0.29, 0.717) is 17.8 Å². The number of carboxylic acid groups (broad SMARTS) is 1. The lowest BCUT2D eigenvalue weighted by atomic mass is 9.92. The fourth-order valence-electron chi connectivity index (χ4n) is 5.49. The first-order valence-electron chi connectivity index (χ1n) is 15.7. The van der Waals surface area contributed by atoms with Crippen molar-refractivity contribution in [1.82, 2.24) is 20.2 Å². The molecule has 0 bridgehead atoms. The van der Waals surface area contributed by atoms with Gasteiger partial charge in [0.15, 0.2) is 0 Å². The van der Waals surface area contributed by atoms with Crippen molar-refractivity contribution in [2.75, 3.05) is 5.32 Å². The predicted molar refractivity (Wildman–Crippen MR) is 186 cm³/mol. The van der Waals surface area contributed by atoms with E-state index in [-0.39, 0.29) is 37.2 Å². The number of hydrogen-bond donors (Lipinski definition) is 4. The van der Waals surface area contributed by atoms with Crippen LogP contribution in [0.15, 0.2) is 120 Å². The predicted octanol–water partition coefficient (Wildman–Crippen LogP) is 6.17. The summed E-state index contributed by atoms with van der Waals surface area (Å²) >= 11 is 1.36. The maximum Gasteiger partial charge on any atom is 0.412 e. The van der Waals surface area contributed by atoms with Crippen molar-refractivity contribution >= 4 is 35.1 Å². The van der Waals surface area contributed by atoms with Crippen LogP contribution in [-0.4, -0.2) is 61.4 Å². The van der Waals surface area contributed by atoms with Gasteiger partial charge in [-0.3, -0.25) is 20.0 Å². The molecule has 0 radical (unpaired) electrons. The summed E-state index contributed by atoms with van der Waals surface area (Å²) in [6.45, 7) is -0.0450. The van der Waals surface area contributed by atoms with Crippen LogP contribution in [0.25, 0.3) is 0 Å². The van der Waals surface area contributed by atoms with Gasteiger partial charge in [0.05, 0.1) is 46.8 Å². The quantitative estimate of drug-likeness (QED) is 0.102. The van der Waals surface area contributed by atoms with Gasteiger partial charge in [0, 0.05) is 17.6 Å². The maximum atomic E-state index is 13.8. The molecule has 0 aliphatic carbocycles. The van der Waals surface area contributed by atoms with Crippen LogP contribution in [0.4, 0.5) is 15.3 Å². The Bertz CT molecular complexity index is 1780. The van der Waals surface area contributed by atoms with Gasteiger partial charge in [-0.25, -0.2) is 14.6 Å². The van der Waals surface area contributed by atoms with E-state index in [2.05, 4.69) is 20.6 Å². The summed E-state index contributed by atoms with van der Waals surface area (Å²) in [6, 6.07) is 29.2. The molecular formula is C37H37N5O6S. The van der Waals surface area contributed by atoms with E-state index in [4.69, 9.17) is 4.74 Å². The summed E-state index contributed by atoms with van der Waals surface area (Å²) in [4.78, 5) is 48.7. The van der Waals surface area contributed by atoms with Crippen LogP contribution < -0.4 is 10.6 Å². The highest BCUT2D eigenvalue weighted by atomic mass is 32.1. The fourth-order valence-corrected chi connectivity index (χ4v) is 6.04. The summed E-state index contributed by atoms with van der Waals surface area (Å²) in [5, 5.41) is 29.6. The molecule has 11 nitrogen and oxygen atoms in total. The van der Waals surface area contributed by atoms with Crippen molar-refractivity contribution in [3.05, 3.63) is 148 Å². The van der Waals surface area contributed by atoms with Crippen LogP contribution in [0.1, 0.15) is 39.3 Å². The highest BCUT2D eigenvalue weighted by molar-refractivity contribution is 7.07. The van der Waals surface area contributed by atoms with Gasteiger partial charge in [-0.1, -0.05) is 78.9 Å².